The van der Waals surface area contributed by atoms with Crippen LogP contribution in [0.2, 0.25) is 0 Å². The molecule has 0 saturated heterocycles. The first kappa shape index (κ1) is 22.0. The van der Waals surface area contributed by atoms with Crippen molar-refractivity contribution in [3.8, 4) is 11.3 Å². The Kier molecular flexibility index (Phi) is 7.27. The zero-order valence-corrected chi connectivity index (χ0v) is 17.6. The van der Waals surface area contributed by atoms with Crippen LogP contribution >= 0.6 is 11.3 Å². The van der Waals surface area contributed by atoms with Gasteiger partial charge in [-0.25, -0.2) is 32.1 Å². The van der Waals surface area contributed by atoms with Crippen molar-refractivity contribution in [2.45, 2.75) is 18.7 Å². The van der Waals surface area contributed by atoms with Gasteiger partial charge >= 0.3 is 0 Å². The maximum absolute atomic E-state index is 11.3. The third-order valence-corrected chi connectivity index (χ3v) is 5.43. The Morgan fingerprint density at radius 1 is 1.04 bits per heavy atom. The number of nitrogens with one attached hydrogen (secondary N) is 1. The molecule has 0 fully saturated rings. The van der Waals surface area contributed by atoms with Crippen molar-refractivity contribution in [1.82, 2.24) is 4.98 Å². The largest absolute Gasteiger partial charge is 0.332 e. The van der Waals surface area contributed by atoms with Gasteiger partial charge in [0.2, 0.25) is 10.0 Å². The number of anilines is 2. The second-order valence-electron chi connectivity index (χ2n) is 5.82. The normalized spacial score (nSPS) is 11.0. The summed E-state index contributed by atoms with van der Waals surface area (Å²) in [6.07, 6.45) is 0. The summed E-state index contributed by atoms with van der Waals surface area (Å²) < 4.78 is 40.2. The molecule has 0 aliphatic heterocycles. The van der Waals surface area contributed by atoms with Crippen LogP contribution in [-0.4, -0.2) is 21.8 Å². The minimum absolute atomic E-state index is 0.0861. The topological polar surface area (TPSA) is 145 Å². The second-order valence-corrected chi connectivity index (χ2v) is 8.81. The first-order chi connectivity index (χ1) is 13.1. The van der Waals surface area contributed by atoms with Gasteiger partial charge in [0, 0.05) is 16.6 Å². The van der Waals surface area contributed by atoms with Gasteiger partial charge in [0.1, 0.15) is 0 Å². The van der Waals surface area contributed by atoms with Gasteiger partial charge in [0.15, 0.2) is 16.0 Å². The van der Waals surface area contributed by atoms with Crippen LogP contribution in [0.15, 0.2) is 52.7 Å². The lowest BCUT2D eigenvalue weighted by atomic mass is 10.1. The number of benzene rings is 2. The Morgan fingerprint density at radius 2 is 1.64 bits per heavy atom. The van der Waals surface area contributed by atoms with Crippen LogP contribution in [0, 0.1) is 13.8 Å². The molecule has 0 atom stereocenters. The molecule has 0 aliphatic carbocycles. The summed E-state index contributed by atoms with van der Waals surface area (Å²) in [5, 5.41) is 15.1. The molecule has 0 saturated carbocycles. The van der Waals surface area contributed by atoms with Crippen LogP contribution in [0.25, 0.3) is 11.3 Å². The second kappa shape index (κ2) is 9.26. The molecule has 0 aliphatic rings. The summed E-state index contributed by atoms with van der Waals surface area (Å²) in [7, 11) is -6.29. The number of hydrogen-bond acceptors (Lipinski definition) is 7. The number of nitrogens with zero attached hydrogens (tertiary/aromatic N) is 1. The lowest BCUT2D eigenvalue weighted by Crippen LogP contribution is -2.11. The Bertz CT molecular complexity index is 1130. The molecule has 3 rings (SSSR count). The van der Waals surface area contributed by atoms with E-state index >= 15 is 0 Å². The lowest BCUT2D eigenvalue weighted by molar-refractivity contribution is 0.597. The number of nitrogens with two attached hydrogens (primary N) is 2. The van der Waals surface area contributed by atoms with E-state index < -0.39 is 20.9 Å². The summed E-state index contributed by atoms with van der Waals surface area (Å²) in [5.41, 5.74) is 5.22. The minimum Gasteiger partial charge on any atom is -0.332 e. The van der Waals surface area contributed by atoms with E-state index in [0.717, 1.165) is 22.1 Å². The molecule has 11 heteroatoms. The average molecular weight is 441 g/mol. The number of aromatic nitrogens is 1. The van der Waals surface area contributed by atoms with Gasteiger partial charge in [-0.2, -0.15) is 0 Å². The first-order valence-electron chi connectivity index (χ1n) is 7.88. The van der Waals surface area contributed by atoms with Gasteiger partial charge in [-0.05, 0) is 55.3 Å². The molecule has 0 spiro atoms. The molecule has 150 valence electrons. The number of hydrogen-bond donors (Lipinski definition) is 4. The van der Waals surface area contributed by atoms with Gasteiger partial charge in [-0.15, -0.1) is 11.3 Å². The molecule has 28 heavy (non-hydrogen) atoms. The highest BCUT2D eigenvalue weighted by atomic mass is 32.2. The van der Waals surface area contributed by atoms with Crippen LogP contribution < -0.4 is 15.6 Å². The summed E-state index contributed by atoms with van der Waals surface area (Å²) >= 11 is 1.49. The van der Waals surface area contributed by atoms with E-state index in [4.69, 9.17) is 13.6 Å². The van der Waals surface area contributed by atoms with Crippen molar-refractivity contribution in [2.75, 3.05) is 5.32 Å². The minimum atomic E-state index is -3.67. The summed E-state index contributed by atoms with van der Waals surface area (Å²) in [6.45, 7) is 4.16. The van der Waals surface area contributed by atoms with E-state index in [1.165, 1.54) is 34.6 Å². The molecule has 0 bridgehead atoms. The Hall–Kier alpha value is -2.31. The highest BCUT2D eigenvalue weighted by Gasteiger charge is 2.09. The van der Waals surface area contributed by atoms with Crippen LogP contribution in [0.1, 0.15) is 11.1 Å². The summed E-state index contributed by atoms with van der Waals surface area (Å²) in [6, 6.07) is 12.5. The number of sulfonamides is 1. The van der Waals surface area contributed by atoms with E-state index in [0.29, 0.717) is 0 Å². The van der Waals surface area contributed by atoms with Gasteiger partial charge in [0.05, 0.1) is 10.6 Å². The highest BCUT2D eigenvalue weighted by Crippen LogP contribution is 2.28. The zero-order valence-electron chi connectivity index (χ0n) is 15.1. The van der Waals surface area contributed by atoms with E-state index in [1.807, 2.05) is 5.38 Å². The molecule has 5 N–H and O–H groups in total. The van der Waals surface area contributed by atoms with Crippen LogP contribution in [0.3, 0.4) is 0 Å². The van der Waals surface area contributed by atoms with E-state index in [9.17, 15) is 8.42 Å². The molecule has 3 aromatic rings. The Balaban J connectivity index is 0.000000640. The third kappa shape index (κ3) is 6.39. The first-order valence-corrected chi connectivity index (χ1v) is 11.6. The monoisotopic (exact) mass is 440 g/mol. The Morgan fingerprint density at radius 3 is 2.18 bits per heavy atom. The third-order valence-electron chi connectivity index (χ3n) is 3.74. The van der Waals surface area contributed by atoms with Crippen LogP contribution in [-0.2, 0) is 20.9 Å². The summed E-state index contributed by atoms with van der Waals surface area (Å²) in [4.78, 5) is 4.67. The average Bonchev–Trinajstić information content (AvgIpc) is 3.05. The molecular weight excluding hydrogens is 420 g/mol. The lowest BCUT2D eigenvalue weighted by Gasteiger charge is -2.04. The van der Waals surface area contributed by atoms with E-state index in [1.54, 1.807) is 12.1 Å². The van der Waals surface area contributed by atoms with Crippen molar-refractivity contribution in [2.24, 2.45) is 10.3 Å². The molecule has 0 radical (unpaired) electrons. The van der Waals surface area contributed by atoms with Gasteiger partial charge in [-0.3, -0.25) is 0 Å². The smallest absolute Gasteiger partial charge is 0.238 e. The van der Waals surface area contributed by atoms with Gasteiger partial charge in [-0.1, -0.05) is 12.1 Å². The predicted octanol–water partition coefficient (Wildman–Crippen LogP) is 2.29. The SMILES string of the molecule is Cc1ccc(-c2csc(Nc3ccc(S(N)(=O)=O)cc3)n2)cc1C.N[SH](=O)=O. The van der Waals surface area contributed by atoms with Crippen LogP contribution in [0.5, 0.6) is 0 Å². The standard InChI is InChI=1S/C17H17N3O2S2.H3NO2S/c1-11-3-4-13(9-12(11)2)16-10-23-17(20-16)19-14-5-7-15(8-6-14)24(18,21)22;1-4(2)3/h3-10H,1-2H3,(H,19,20)(H2,18,21,22);4H,(H2,1,2,3). The number of primary sulfonamides is 1. The van der Waals surface area contributed by atoms with E-state index in [-0.39, 0.29) is 4.90 Å². The van der Waals surface area contributed by atoms with Crippen molar-refractivity contribution >= 4 is 43.1 Å². The number of thiol groups is 1. The van der Waals surface area contributed by atoms with Crippen LogP contribution in [0.4, 0.5) is 10.8 Å². The molecule has 0 amide bonds. The van der Waals surface area contributed by atoms with E-state index in [2.05, 4.69) is 47.5 Å². The Labute approximate surface area is 169 Å². The molecule has 2 aromatic carbocycles. The fourth-order valence-electron chi connectivity index (χ4n) is 2.22. The van der Waals surface area contributed by atoms with Crippen molar-refractivity contribution in [1.29, 1.82) is 0 Å². The fourth-order valence-corrected chi connectivity index (χ4v) is 3.47. The molecule has 1 aromatic heterocycles. The summed E-state index contributed by atoms with van der Waals surface area (Å²) in [5.74, 6) is 0. The fraction of sp³-hybridized carbons (Fsp3) is 0.118. The quantitative estimate of drug-likeness (QED) is 0.458. The molecule has 0 unspecified atom stereocenters. The van der Waals surface area contributed by atoms with Gasteiger partial charge in [0.25, 0.3) is 0 Å². The van der Waals surface area contributed by atoms with Crippen molar-refractivity contribution < 1.29 is 16.8 Å². The number of rotatable bonds is 4. The van der Waals surface area contributed by atoms with Crippen molar-refractivity contribution in [3.63, 3.8) is 0 Å². The maximum Gasteiger partial charge on any atom is 0.238 e. The number of aryl methyl sites for hydroxylation is 2. The maximum atomic E-state index is 11.3. The molecular formula is C17H20N4O4S3. The van der Waals surface area contributed by atoms with Gasteiger partial charge < -0.3 is 5.32 Å². The molecule has 8 nitrogen and oxygen atoms in total. The number of thiazole rings is 1. The molecule has 1 heterocycles. The highest BCUT2D eigenvalue weighted by molar-refractivity contribution is 7.89. The van der Waals surface area contributed by atoms with Crippen molar-refractivity contribution in [3.05, 3.63) is 59.0 Å². The predicted molar refractivity (Wildman–Crippen MR) is 113 cm³/mol. The zero-order chi connectivity index (χ0) is 20.9.